The molecular formula is C15H16Cl2N2OS. The summed E-state index contributed by atoms with van der Waals surface area (Å²) in [6.45, 7) is 4.30. The van der Waals surface area contributed by atoms with Crippen LogP contribution in [0.15, 0.2) is 12.1 Å². The summed E-state index contributed by atoms with van der Waals surface area (Å²) in [5, 5.41) is 5.42. The molecule has 1 saturated carbocycles. The second-order valence-electron chi connectivity index (χ2n) is 6.28. The van der Waals surface area contributed by atoms with Crippen molar-refractivity contribution in [1.29, 1.82) is 0 Å². The first kappa shape index (κ1) is 13.9. The van der Waals surface area contributed by atoms with Gasteiger partial charge in [-0.25, -0.2) is 0 Å². The highest BCUT2D eigenvalue weighted by Crippen LogP contribution is 2.53. The van der Waals surface area contributed by atoms with Gasteiger partial charge in [-0.3, -0.25) is 0 Å². The Morgan fingerprint density at radius 3 is 2.76 bits per heavy atom. The number of rotatable bonds is 1. The van der Waals surface area contributed by atoms with Gasteiger partial charge in [0.2, 0.25) is 0 Å². The van der Waals surface area contributed by atoms with Crippen LogP contribution >= 0.6 is 35.4 Å². The Balaban J connectivity index is 1.88. The highest BCUT2D eigenvalue weighted by atomic mass is 35.5. The highest BCUT2D eigenvalue weighted by molar-refractivity contribution is 7.80. The molecule has 2 bridgehead atoms. The lowest BCUT2D eigenvalue weighted by atomic mass is 9.81. The predicted molar refractivity (Wildman–Crippen MR) is 88.0 cm³/mol. The van der Waals surface area contributed by atoms with Gasteiger partial charge in [0.15, 0.2) is 10.8 Å². The largest absolute Gasteiger partial charge is 0.466 e. The second-order valence-corrected chi connectivity index (χ2v) is 7.51. The first-order valence-corrected chi connectivity index (χ1v) is 8.36. The normalized spacial score (nSPS) is 34.1. The molecule has 4 rings (SSSR count). The zero-order valence-corrected chi connectivity index (χ0v) is 14.1. The van der Waals surface area contributed by atoms with Crippen molar-refractivity contribution in [1.82, 2.24) is 10.2 Å². The van der Waals surface area contributed by atoms with Crippen molar-refractivity contribution in [2.45, 2.75) is 44.5 Å². The maximum Gasteiger partial charge on any atom is 0.187 e. The van der Waals surface area contributed by atoms with Crippen molar-refractivity contribution in [3.63, 3.8) is 0 Å². The molecule has 3 aliphatic rings. The number of nitrogens with zero attached hydrogens (tertiary/aromatic N) is 1. The van der Waals surface area contributed by atoms with Gasteiger partial charge in [0.25, 0.3) is 0 Å². The maximum atomic E-state index is 6.38. The fraction of sp³-hybridized carbons (Fsp3) is 0.533. The third kappa shape index (κ3) is 1.89. The van der Waals surface area contributed by atoms with Crippen LogP contribution in [0.5, 0.6) is 5.75 Å². The molecule has 0 aromatic heterocycles. The molecule has 0 radical (unpaired) electrons. The summed E-state index contributed by atoms with van der Waals surface area (Å²) in [4.78, 5) is 2.22. The first-order chi connectivity index (χ1) is 9.91. The summed E-state index contributed by atoms with van der Waals surface area (Å²) in [5.41, 5.74) is 0.536. The Labute approximate surface area is 139 Å². The van der Waals surface area contributed by atoms with Crippen LogP contribution in [0.1, 0.15) is 38.3 Å². The van der Waals surface area contributed by atoms with Crippen molar-refractivity contribution in [2.24, 2.45) is 5.92 Å². The predicted octanol–water partition coefficient (Wildman–Crippen LogP) is 4.13. The van der Waals surface area contributed by atoms with E-state index in [-0.39, 0.29) is 12.0 Å². The molecule has 6 heteroatoms. The number of hydrogen-bond donors (Lipinski definition) is 1. The fourth-order valence-corrected chi connectivity index (χ4v) is 4.54. The second kappa shape index (κ2) is 4.40. The summed E-state index contributed by atoms with van der Waals surface area (Å²) >= 11 is 18.1. The van der Waals surface area contributed by atoms with Crippen molar-refractivity contribution in [2.75, 3.05) is 0 Å². The molecule has 0 amide bonds. The maximum absolute atomic E-state index is 6.38. The van der Waals surface area contributed by atoms with Gasteiger partial charge in [0.05, 0.1) is 11.1 Å². The molecule has 1 N–H and O–H groups in total. The van der Waals surface area contributed by atoms with Crippen LogP contribution in [0, 0.1) is 5.92 Å². The van der Waals surface area contributed by atoms with Crippen LogP contribution in [0.3, 0.4) is 0 Å². The number of ether oxygens (including phenoxy) is 1. The molecule has 3 nitrogen and oxygen atoms in total. The van der Waals surface area contributed by atoms with Crippen LogP contribution in [-0.2, 0) is 0 Å². The van der Waals surface area contributed by atoms with Crippen molar-refractivity contribution in [3.05, 3.63) is 27.7 Å². The van der Waals surface area contributed by atoms with Crippen molar-refractivity contribution >= 4 is 40.5 Å². The average Bonchev–Trinajstić information content (AvgIpc) is 3.20. The van der Waals surface area contributed by atoms with Crippen molar-refractivity contribution in [3.8, 4) is 5.75 Å². The number of fused-ring (bicyclic) bond motifs is 4. The van der Waals surface area contributed by atoms with Crippen molar-refractivity contribution < 1.29 is 4.74 Å². The number of hydrogen-bond acceptors (Lipinski definition) is 2. The lowest BCUT2D eigenvalue weighted by molar-refractivity contribution is -0.113. The van der Waals surface area contributed by atoms with Gasteiger partial charge in [-0.05, 0) is 44.1 Å². The number of benzene rings is 1. The number of halogens is 2. The molecule has 2 aliphatic heterocycles. The molecule has 3 unspecified atom stereocenters. The van der Waals surface area contributed by atoms with Gasteiger partial charge >= 0.3 is 0 Å². The third-order valence-corrected chi connectivity index (χ3v) is 5.73. The van der Waals surface area contributed by atoms with E-state index in [4.69, 9.17) is 40.2 Å². The molecule has 1 aromatic carbocycles. The summed E-state index contributed by atoms with van der Waals surface area (Å²) < 4.78 is 6.38. The van der Waals surface area contributed by atoms with Crippen LogP contribution in [-0.4, -0.2) is 21.8 Å². The van der Waals surface area contributed by atoms with E-state index in [1.54, 1.807) is 6.07 Å². The minimum atomic E-state index is -0.460. The molecule has 1 aromatic rings. The van der Waals surface area contributed by atoms with E-state index < -0.39 is 5.72 Å². The molecule has 1 aliphatic carbocycles. The highest BCUT2D eigenvalue weighted by Gasteiger charge is 2.57. The molecule has 2 heterocycles. The Morgan fingerprint density at radius 1 is 1.38 bits per heavy atom. The summed E-state index contributed by atoms with van der Waals surface area (Å²) in [5.74, 6) is 0.971. The third-order valence-electron chi connectivity index (χ3n) is 4.91. The van der Waals surface area contributed by atoms with Gasteiger partial charge in [0, 0.05) is 22.5 Å². The summed E-state index contributed by atoms with van der Waals surface area (Å²) in [7, 11) is 0. The zero-order chi connectivity index (χ0) is 14.9. The SMILES string of the molecule is CC1C2NC(=S)N(C3CC3)C1(C)Oc1c(Cl)cc(Cl)cc12. The first-order valence-electron chi connectivity index (χ1n) is 7.19. The Hall–Kier alpha value is -0.710. The van der Waals surface area contributed by atoms with E-state index in [9.17, 15) is 0 Å². The standard InChI is InChI=1S/C15H16Cl2N2OS/c1-7-12-10-5-8(16)6-11(17)13(10)20-15(7,2)19(9-3-4-9)14(21)18-12/h5-7,9,12H,3-4H2,1-2H3,(H,18,21). The molecular weight excluding hydrogens is 327 g/mol. The Kier molecular flexibility index (Phi) is 2.92. The van der Waals surface area contributed by atoms with Gasteiger partial charge in [-0.1, -0.05) is 30.1 Å². The quantitative estimate of drug-likeness (QED) is 0.775. The molecule has 2 fully saturated rings. The molecule has 21 heavy (non-hydrogen) atoms. The Morgan fingerprint density at radius 2 is 2.10 bits per heavy atom. The number of thiocarbonyl (C=S) groups is 1. The van der Waals surface area contributed by atoms with Crippen LogP contribution in [0.25, 0.3) is 0 Å². The van der Waals surface area contributed by atoms with Crippen LogP contribution in [0.2, 0.25) is 10.0 Å². The van der Waals surface area contributed by atoms with E-state index in [2.05, 4.69) is 24.1 Å². The van der Waals surface area contributed by atoms with Crippen LogP contribution < -0.4 is 10.1 Å². The van der Waals surface area contributed by atoms with Gasteiger partial charge in [0.1, 0.15) is 5.75 Å². The van der Waals surface area contributed by atoms with Gasteiger partial charge in [-0.2, -0.15) is 0 Å². The smallest absolute Gasteiger partial charge is 0.187 e. The lowest BCUT2D eigenvalue weighted by Gasteiger charge is -2.56. The molecule has 3 atom stereocenters. The van der Waals surface area contributed by atoms with E-state index in [0.29, 0.717) is 16.1 Å². The van der Waals surface area contributed by atoms with E-state index in [1.165, 1.54) is 12.8 Å². The van der Waals surface area contributed by atoms with E-state index in [0.717, 1.165) is 16.4 Å². The van der Waals surface area contributed by atoms with E-state index in [1.807, 2.05) is 6.07 Å². The monoisotopic (exact) mass is 342 g/mol. The van der Waals surface area contributed by atoms with Gasteiger partial charge in [-0.15, -0.1) is 0 Å². The topological polar surface area (TPSA) is 24.5 Å². The molecule has 0 spiro atoms. The number of nitrogens with one attached hydrogen (secondary N) is 1. The average molecular weight is 343 g/mol. The fourth-order valence-electron chi connectivity index (χ4n) is 3.53. The minimum absolute atomic E-state index is 0.0810. The molecule has 1 saturated heterocycles. The van der Waals surface area contributed by atoms with E-state index >= 15 is 0 Å². The summed E-state index contributed by atoms with van der Waals surface area (Å²) in [6.07, 6.45) is 2.33. The zero-order valence-electron chi connectivity index (χ0n) is 11.8. The minimum Gasteiger partial charge on any atom is -0.466 e. The Bertz CT molecular complexity index is 649. The van der Waals surface area contributed by atoms with Crippen LogP contribution in [0.4, 0.5) is 0 Å². The van der Waals surface area contributed by atoms with Gasteiger partial charge < -0.3 is 15.0 Å². The lowest BCUT2D eigenvalue weighted by Crippen LogP contribution is -2.69. The summed E-state index contributed by atoms with van der Waals surface area (Å²) in [6, 6.07) is 4.21. The molecule has 112 valence electrons.